The summed E-state index contributed by atoms with van der Waals surface area (Å²) in [5, 5.41) is 0. The van der Waals surface area contributed by atoms with Crippen molar-refractivity contribution in [2.45, 2.75) is 44.9 Å². The van der Waals surface area contributed by atoms with Gasteiger partial charge in [-0.3, -0.25) is 0 Å². The van der Waals surface area contributed by atoms with Crippen LogP contribution in [-0.2, 0) is 4.74 Å². The highest BCUT2D eigenvalue weighted by atomic mass is 16.5. The van der Waals surface area contributed by atoms with E-state index >= 15 is 0 Å². The van der Waals surface area contributed by atoms with Gasteiger partial charge in [0.05, 0.1) is 12.2 Å². The van der Waals surface area contributed by atoms with Gasteiger partial charge in [-0.1, -0.05) is 0 Å². The van der Waals surface area contributed by atoms with Crippen molar-refractivity contribution in [2.75, 3.05) is 0 Å². The molecule has 1 fully saturated rings. The molecule has 3 atom stereocenters. The van der Waals surface area contributed by atoms with Crippen LogP contribution in [0.3, 0.4) is 0 Å². The van der Waals surface area contributed by atoms with Crippen molar-refractivity contribution in [3.05, 3.63) is 0 Å². The van der Waals surface area contributed by atoms with E-state index in [0.717, 1.165) is 12.8 Å². The highest BCUT2D eigenvalue weighted by Gasteiger charge is 2.21. The van der Waals surface area contributed by atoms with E-state index in [-0.39, 0.29) is 12.1 Å². The van der Waals surface area contributed by atoms with Crippen LogP contribution in [0.4, 0.5) is 0 Å². The molecule has 2 heteroatoms. The van der Waals surface area contributed by atoms with Gasteiger partial charge in [-0.2, -0.15) is 0 Å². The number of hydrogen-bond donors (Lipinski definition) is 1. The average Bonchev–Trinajstić information content (AvgIpc) is 1.80. The molecule has 0 spiro atoms. The van der Waals surface area contributed by atoms with Crippen LogP contribution >= 0.6 is 0 Å². The summed E-state index contributed by atoms with van der Waals surface area (Å²) in [4.78, 5) is 0. The third-order valence-corrected chi connectivity index (χ3v) is 1.96. The van der Waals surface area contributed by atoms with Gasteiger partial charge in [0.2, 0.25) is 0 Å². The van der Waals surface area contributed by atoms with Gasteiger partial charge >= 0.3 is 0 Å². The molecule has 0 aromatic rings. The molecule has 0 bridgehead atoms. The van der Waals surface area contributed by atoms with Gasteiger partial charge in [-0.25, -0.2) is 0 Å². The smallest absolute Gasteiger partial charge is 0.0701 e. The summed E-state index contributed by atoms with van der Waals surface area (Å²) in [6.45, 7) is 4.14. The largest absolute Gasteiger partial charge is 0.374 e. The Bertz CT molecular complexity index is 94.9. The van der Waals surface area contributed by atoms with Crippen molar-refractivity contribution in [3.8, 4) is 0 Å². The maximum absolute atomic E-state index is 5.72. The van der Waals surface area contributed by atoms with E-state index in [9.17, 15) is 0 Å². The zero-order valence-electron chi connectivity index (χ0n) is 6.13. The van der Waals surface area contributed by atoms with Gasteiger partial charge in [0.15, 0.2) is 0 Å². The first-order chi connectivity index (χ1) is 4.20. The SMILES string of the molecule is C[C@@H]1CC[C@@H](N)[C@H](C)O1. The van der Waals surface area contributed by atoms with Crippen LogP contribution in [-0.4, -0.2) is 18.2 Å². The van der Waals surface area contributed by atoms with Gasteiger partial charge in [0.1, 0.15) is 0 Å². The Morgan fingerprint density at radius 2 is 2.00 bits per heavy atom. The standard InChI is InChI=1S/C7H15NO/c1-5-3-4-7(8)6(2)9-5/h5-7H,3-4,8H2,1-2H3/t5-,6+,7-/m1/s1. The average molecular weight is 129 g/mol. The van der Waals surface area contributed by atoms with Crippen LogP contribution in [0.2, 0.25) is 0 Å². The maximum atomic E-state index is 5.72. The molecule has 1 rings (SSSR count). The first-order valence-electron chi connectivity index (χ1n) is 3.61. The van der Waals surface area contributed by atoms with E-state index in [2.05, 4.69) is 6.92 Å². The minimum Gasteiger partial charge on any atom is -0.374 e. The van der Waals surface area contributed by atoms with E-state index in [1.807, 2.05) is 6.92 Å². The van der Waals surface area contributed by atoms with E-state index < -0.39 is 0 Å². The van der Waals surface area contributed by atoms with Gasteiger partial charge < -0.3 is 10.5 Å². The van der Waals surface area contributed by atoms with Gasteiger partial charge in [0.25, 0.3) is 0 Å². The van der Waals surface area contributed by atoms with Gasteiger partial charge in [-0.05, 0) is 26.7 Å². The van der Waals surface area contributed by atoms with Crippen LogP contribution in [0.15, 0.2) is 0 Å². The zero-order chi connectivity index (χ0) is 6.85. The second-order valence-electron chi connectivity index (χ2n) is 2.89. The molecule has 0 aromatic heterocycles. The zero-order valence-corrected chi connectivity index (χ0v) is 6.13. The Hall–Kier alpha value is -0.0800. The van der Waals surface area contributed by atoms with Crippen LogP contribution < -0.4 is 5.73 Å². The molecule has 0 radical (unpaired) electrons. The van der Waals surface area contributed by atoms with Crippen LogP contribution in [0, 0.1) is 0 Å². The molecule has 2 nitrogen and oxygen atoms in total. The Kier molecular flexibility index (Phi) is 2.09. The topological polar surface area (TPSA) is 35.2 Å². The summed E-state index contributed by atoms with van der Waals surface area (Å²) in [5.41, 5.74) is 5.72. The molecular formula is C7H15NO. The lowest BCUT2D eigenvalue weighted by molar-refractivity contribution is -0.0410. The fraction of sp³-hybridized carbons (Fsp3) is 1.00. The quantitative estimate of drug-likeness (QED) is 0.527. The molecule has 1 saturated heterocycles. The summed E-state index contributed by atoms with van der Waals surface area (Å²) < 4.78 is 5.47. The van der Waals surface area contributed by atoms with Crippen molar-refractivity contribution in [1.82, 2.24) is 0 Å². The Morgan fingerprint density at radius 1 is 1.33 bits per heavy atom. The first-order valence-corrected chi connectivity index (χ1v) is 3.61. The minimum absolute atomic E-state index is 0.258. The molecule has 9 heavy (non-hydrogen) atoms. The van der Waals surface area contributed by atoms with Crippen LogP contribution in [0.1, 0.15) is 26.7 Å². The fourth-order valence-corrected chi connectivity index (χ4v) is 1.20. The number of hydrogen-bond acceptors (Lipinski definition) is 2. The molecule has 0 unspecified atom stereocenters. The molecule has 1 aliphatic rings. The highest BCUT2D eigenvalue weighted by molar-refractivity contribution is 4.76. The summed E-state index contributed by atoms with van der Waals surface area (Å²) in [5.74, 6) is 0. The second-order valence-corrected chi connectivity index (χ2v) is 2.89. The molecule has 1 heterocycles. The highest BCUT2D eigenvalue weighted by Crippen LogP contribution is 2.16. The second kappa shape index (κ2) is 2.67. The van der Waals surface area contributed by atoms with Crippen molar-refractivity contribution in [1.29, 1.82) is 0 Å². The van der Waals surface area contributed by atoms with Crippen molar-refractivity contribution < 1.29 is 4.74 Å². The van der Waals surface area contributed by atoms with Gasteiger partial charge in [0, 0.05) is 6.04 Å². The predicted molar refractivity (Wildman–Crippen MR) is 37.2 cm³/mol. The Labute approximate surface area is 56.4 Å². The number of nitrogens with two attached hydrogens (primary N) is 1. The summed E-state index contributed by atoms with van der Waals surface area (Å²) >= 11 is 0. The first kappa shape index (κ1) is 7.03. The van der Waals surface area contributed by atoms with Gasteiger partial charge in [-0.15, -0.1) is 0 Å². The summed E-state index contributed by atoms with van der Waals surface area (Å²) in [7, 11) is 0. The van der Waals surface area contributed by atoms with Crippen LogP contribution in [0.5, 0.6) is 0 Å². The van der Waals surface area contributed by atoms with Crippen molar-refractivity contribution in [2.24, 2.45) is 5.73 Å². The molecular weight excluding hydrogens is 114 g/mol. The molecule has 0 aliphatic carbocycles. The van der Waals surface area contributed by atoms with Crippen LogP contribution in [0.25, 0.3) is 0 Å². The molecule has 2 N–H and O–H groups in total. The van der Waals surface area contributed by atoms with Crippen molar-refractivity contribution >= 4 is 0 Å². The molecule has 0 saturated carbocycles. The third kappa shape index (κ3) is 1.66. The summed E-state index contributed by atoms with van der Waals surface area (Å²) in [6, 6.07) is 0.265. The minimum atomic E-state index is 0.258. The summed E-state index contributed by atoms with van der Waals surface area (Å²) in [6.07, 6.45) is 2.90. The van der Waals surface area contributed by atoms with E-state index in [4.69, 9.17) is 10.5 Å². The van der Waals surface area contributed by atoms with E-state index in [1.54, 1.807) is 0 Å². The third-order valence-electron chi connectivity index (χ3n) is 1.96. The Balaban J connectivity index is 2.35. The molecule has 0 aromatic carbocycles. The molecule has 0 amide bonds. The predicted octanol–water partition coefficient (Wildman–Crippen LogP) is 0.901. The number of rotatable bonds is 0. The monoisotopic (exact) mass is 129 g/mol. The number of ether oxygens (including phenoxy) is 1. The van der Waals surface area contributed by atoms with E-state index in [0.29, 0.717) is 6.10 Å². The molecule has 1 aliphatic heterocycles. The fourth-order valence-electron chi connectivity index (χ4n) is 1.20. The molecule has 54 valence electrons. The van der Waals surface area contributed by atoms with E-state index in [1.165, 1.54) is 0 Å². The lowest BCUT2D eigenvalue weighted by Gasteiger charge is -2.30. The van der Waals surface area contributed by atoms with Crippen molar-refractivity contribution in [3.63, 3.8) is 0 Å². The Morgan fingerprint density at radius 3 is 2.44 bits per heavy atom. The lowest BCUT2D eigenvalue weighted by atomic mass is 10.0. The normalized spacial score (nSPS) is 45.0. The maximum Gasteiger partial charge on any atom is 0.0701 e. The lowest BCUT2D eigenvalue weighted by Crippen LogP contribution is -2.41.